The van der Waals surface area contributed by atoms with Crippen molar-refractivity contribution in [1.29, 1.82) is 0 Å². The maximum Gasteiger partial charge on any atom is 0.254 e. The van der Waals surface area contributed by atoms with E-state index in [4.69, 9.17) is 10.2 Å². The second-order valence-corrected chi connectivity index (χ2v) is 5.42. The van der Waals surface area contributed by atoms with Crippen LogP contribution in [0.2, 0.25) is 0 Å². The van der Waals surface area contributed by atoms with Crippen molar-refractivity contribution in [2.75, 3.05) is 0 Å². The van der Waals surface area contributed by atoms with Gasteiger partial charge in [0.1, 0.15) is 12.0 Å². The number of rotatable bonds is 6. The summed E-state index contributed by atoms with van der Waals surface area (Å²) in [5.74, 6) is 1.26. The smallest absolute Gasteiger partial charge is 0.254 e. The fourth-order valence-corrected chi connectivity index (χ4v) is 2.90. The van der Waals surface area contributed by atoms with Crippen LogP contribution in [0.3, 0.4) is 0 Å². The summed E-state index contributed by atoms with van der Waals surface area (Å²) in [5, 5.41) is 3.15. The zero-order valence-electron chi connectivity index (χ0n) is 11.7. The largest absolute Gasteiger partial charge is 0.467 e. The number of unbranched alkanes of at least 4 members (excludes halogenated alkanes) is 1. The van der Waals surface area contributed by atoms with E-state index in [1.807, 2.05) is 0 Å². The highest BCUT2D eigenvalue weighted by Gasteiger charge is 2.28. The van der Waals surface area contributed by atoms with Gasteiger partial charge in [0.05, 0.1) is 12.1 Å². The molecule has 0 saturated heterocycles. The minimum atomic E-state index is -0.0307. The van der Waals surface area contributed by atoms with Crippen LogP contribution in [-0.4, -0.2) is 11.9 Å². The van der Waals surface area contributed by atoms with Crippen molar-refractivity contribution in [2.24, 2.45) is 11.7 Å². The second kappa shape index (κ2) is 6.75. The highest BCUT2D eigenvalue weighted by molar-refractivity contribution is 5.94. The zero-order valence-corrected chi connectivity index (χ0v) is 11.7. The van der Waals surface area contributed by atoms with Crippen LogP contribution in [0, 0.1) is 5.92 Å². The van der Waals surface area contributed by atoms with E-state index in [1.165, 1.54) is 38.4 Å². The molecule has 1 amide bonds. The van der Waals surface area contributed by atoms with Gasteiger partial charge in [-0.05, 0) is 31.2 Å². The third-order valence-electron chi connectivity index (χ3n) is 4.02. The molecule has 4 nitrogen and oxygen atoms in total. The summed E-state index contributed by atoms with van der Waals surface area (Å²) in [5.41, 5.74) is 6.06. The molecule has 0 spiro atoms. The number of carbonyl (C=O) groups is 1. The first-order valence-corrected chi connectivity index (χ1v) is 7.33. The average Bonchev–Trinajstić information content (AvgIpc) is 3.05. The van der Waals surface area contributed by atoms with E-state index in [-0.39, 0.29) is 5.91 Å². The second-order valence-electron chi connectivity index (χ2n) is 5.42. The predicted octanol–water partition coefficient (Wildman–Crippen LogP) is 2.83. The third kappa shape index (κ3) is 3.60. The van der Waals surface area contributed by atoms with Gasteiger partial charge in [-0.25, -0.2) is 0 Å². The molecule has 1 aliphatic carbocycles. The van der Waals surface area contributed by atoms with Crippen molar-refractivity contribution < 1.29 is 9.21 Å². The molecule has 4 heteroatoms. The van der Waals surface area contributed by atoms with Gasteiger partial charge in [0.15, 0.2) is 0 Å². The van der Waals surface area contributed by atoms with Gasteiger partial charge in [0.25, 0.3) is 5.91 Å². The molecule has 1 saturated carbocycles. The Balaban J connectivity index is 1.90. The van der Waals surface area contributed by atoms with Crippen LogP contribution in [0.5, 0.6) is 0 Å². The van der Waals surface area contributed by atoms with Crippen LogP contribution in [0.25, 0.3) is 0 Å². The Morgan fingerprint density at radius 3 is 3.05 bits per heavy atom. The number of furan rings is 1. The maximum atomic E-state index is 12.1. The monoisotopic (exact) mass is 264 g/mol. The first kappa shape index (κ1) is 14.1. The molecule has 2 rings (SSSR count). The third-order valence-corrected chi connectivity index (χ3v) is 4.02. The molecule has 1 heterocycles. The lowest BCUT2D eigenvalue weighted by Gasteiger charge is -2.20. The lowest BCUT2D eigenvalue weighted by molar-refractivity contribution is 0.0926. The lowest BCUT2D eigenvalue weighted by atomic mass is 9.96. The van der Waals surface area contributed by atoms with Crippen molar-refractivity contribution >= 4 is 5.91 Å². The standard InChI is InChI=1S/C15H24N2O2/c1-2-3-5-11-6-4-7-14(11)17-15(18)12-8-13(9-16)19-10-12/h8,10-11,14H,2-7,9,16H2,1H3,(H,17,18). The molecule has 19 heavy (non-hydrogen) atoms. The normalized spacial score (nSPS) is 22.6. The topological polar surface area (TPSA) is 68.3 Å². The quantitative estimate of drug-likeness (QED) is 0.830. The van der Waals surface area contributed by atoms with Gasteiger partial charge in [-0.1, -0.05) is 26.2 Å². The number of hydrogen-bond acceptors (Lipinski definition) is 3. The van der Waals surface area contributed by atoms with Crippen molar-refractivity contribution in [3.05, 3.63) is 23.7 Å². The molecule has 0 aromatic carbocycles. The molecular formula is C15H24N2O2. The van der Waals surface area contributed by atoms with Crippen LogP contribution < -0.4 is 11.1 Å². The molecule has 0 radical (unpaired) electrons. The first-order chi connectivity index (χ1) is 9.24. The summed E-state index contributed by atoms with van der Waals surface area (Å²) in [6.07, 6.45) is 8.75. The van der Waals surface area contributed by atoms with Crippen molar-refractivity contribution in [3.8, 4) is 0 Å². The molecule has 1 aromatic heterocycles. The minimum Gasteiger partial charge on any atom is -0.467 e. The van der Waals surface area contributed by atoms with E-state index in [2.05, 4.69) is 12.2 Å². The predicted molar refractivity (Wildman–Crippen MR) is 74.7 cm³/mol. The Morgan fingerprint density at radius 1 is 1.53 bits per heavy atom. The SMILES string of the molecule is CCCCC1CCCC1NC(=O)c1coc(CN)c1. The van der Waals surface area contributed by atoms with E-state index < -0.39 is 0 Å². The molecule has 1 fully saturated rings. The minimum absolute atomic E-state index is 0.0307. The van der Waals surface area contributed by atoms with E-state index >= 15 is 0 Å². The van der Waals surface area contributed by atoms with Gasteiger partial charge < -0.3 is 15.5 Å². The summed E-state index contributed by atoms with van der Waals surface area (Å²) >= 11 is 0. The number of carbonyl (C=O) groups excluding carboxylic acids is 1. The highest BCUT2D eigenvalue weighted by Crippen LogP contribution is 2.30. The van der Waals surface area contributed by atoms with Crippen LogP contribution in [-0.2, 0) is 6.54 Å². The molecule has 106 valence electrons. The molecule has 2 atom stereocenters. The van der Waals surface area contributed by atoms with Gasteiger partial charge in [0, 0.05) is 6.04 Å². The molecule has 2 unspecified atom stereocenters. The Hall–Kier alpha value is -1.29. The Bertz CT molecular complexity index is 414. The fraction of sp³-hybridized carbons (Fsp3) is 0.667. The summed E-state index contributed by atoms with van der Waals surface area (Å²) in [7, 11) is 0. The van der Waals surface area contributed by atoms with Gasteiger partial charge in [-0.3, -0.25) is 4.79 Å². The molecule has 0 aliphatic heterocycles. The summed E-state index contributed by atoms with van der Waals surface area (Å²) in [4.78, 5) is 12.1. The van der Waals surface area contributed by atoms with E-state index in [9.17, 15) is 4.79 Å². The zero-order chi connectivity index (χ0) is 13.7. The van der Waals surface area contributed by atoms with Gasteiger partial charge in [-0.15, -0.1) is 0 Å². The Morgan fingerprint density at radius 2 is 2.37 bits per heavy atom. The molecular weight excluding hydrogens is 240 g/mol. The molecule has 0 bridgehead atoms. The van der Waals surface area contributed by atoms with Gasteiger partial charge >= 0.3 is 0 Å². The van der Waals surface area contributed by atoms with Crippen molar-refractivity contribution in [1.82, 2.24) is 5.32 Å². The van der Waals surface area contributed by atoms with E-state index in [1.54, 1.807) is 6.07 Å². The lowest BCUT2D eigenvalue weighted by Crippen LogP contribution is -2.37. The van der Waals surface area contributed by atoms with Gasteiger partial charge in [0.2, 0.25) is 0 Å². The Kier molecular flexibility index (Phi) is 5.02. The summed E-state index contributed by atoms with van der Waals surface area (Å²) in [6, 6.07) is 2.06. The van der Waals surface area contributed by atoms with Crippen LogP contribution in [0.4, 0.5) is 0 Å². The highest BCUT2D eigenvalue weighted by atomic mass is 16.3. The number of amides is 1. The average molecular weight is 264 g/mol. The maximum absolute atomic E-state index is 12.1. The van der Waals surface area contributed by atoms with E-state index in [0.29, 0.717) is 29.8 Å². The van der Waals surface area contributed by atoms with Crippen molar-refractivity contribution in [3.63, 3.8) is 0 Å². The molecule has 1 aliphatic rings. The number of nitrogens with two attached hydrogens (primary N) is 1. The number of hydrogen-bond donors (Lipinski definition) is 2. The van der Waals surface area contributed by atoms with Crippen molar-refractivity contribution in [2.45, 2.75) is 58.0 Å². The summed E-state index contributed by atoms with van der Waals surface area (Å²) in [6.45, 7) is 2.54. The van der Waals surface area contributed by atoms with Gasteiger partial charge in [-0.2, -0.15) is 0 Å². The van der Waals surface area contributed by atoms with Crippen LogP contribution in [0.15, 0.2) is 16.7 Å². The molecule has 1 aromatic rings. The Labute approximate surface area is 114 Å². The summed E-state index contributed by atoms with van der Waals surface area (Å²) < 4.78 is 5.21. The van der Waals surface area contributed by atoms with Crippen LogP contribution >= 0.6 is 0 Å². The van der Waals surface area contributed by atoms with Crippen LogP contribution in [0.1, 0.15) is 61.6 Å². The molecule has 3 N–H and O–H groups in total. The first-order valence-electron chi connectivity index (χ1n) is 7.33. The fourth-order valence-electron chi connectivity index (χ4n) is 2.90. The van der Waals surface area contributed by atoms with E-state index in [0.717, 1.165) is 6.42 Å². The number of nitrogens with one attached hydrogen (secondary N) is 1.